The van der Waals surface area contributed by atoms with Crippen molar-refractivity contribution in [3.8, 4) is 0 Å². The van der Waals surface area contributed by atoms with E-state index >= 15 is 0 Å². The number of thioether (sulfide) groups is 1. The molecule has 0 aliphatic carbocycles. The Labute approximate surface area is 204 Å². The molecule has 4 rings (SSSR count). The van der Waals surface area contributed by atoms with Gasteiger partial charge in [-0.15, -0.1) is 11.8 Å². The number of likely N-dealkylation sites (tertiary alicyclic amines) is 1. The maximum Gasteiger partial charge on any atom is 0.222 e. The molecule has 0 radical (unpaired) electrons. The summed E-state index contributed by atoms with van der Waals surface area (Å²) in [4.78, 5) is 18.6. The number of piperidine rings is 2. The van der Waals surface area contributed by atoms with Crippen LogP contribution in [0.15, 0.2) is 53.4 Å². The lowest BCUT2D eigenvalue weighted by molar-refractivity contribution is -0.132. The molecule has 2 aliphatic heterocycles. The highest BCUT2D eigenvalue weighted by Gasteiger charge is 2.23. The highest BCUT2D eigenvalue weighted by atomic mass is 32.2. The van der Waals surface area contributed by atoms with Gasteiger partial charge in [-0.25, -0.2) is 0 Å². The molecule has 0 spiro atoms. The quantitative estimate of drug-likeness (QED) is 0.470. The summed E-state index contributed by atoms with van der Waals surface area (Å²) in [7, 11) is 0. The summed E-state index contributed by atoms with van der Waals surface area (Å²) in [6.45, 7) is 6.19. The topological polar surface area (TPSA) is 35.6 Å². The van der Waals surface area contributed by atoms with Gasteiger partial charge in [0, 0.05) is 54.9 Å². The first-order chi connectivity index (χ1) is 16.1. The maximum absolute atomic E-state index is 12.7. The van der Waals surface area contributed by atoms with E-state index in [0.717, 1.165) is 51.4 Å². The highest BCUT2D eigenvalue weighted by Crippen LogP contribution is 2.27. The lowest BCUT2D eigenvalue weighted by Crippen LogP contribution is -2.42. The van der Waals surface area contributed by atoms with Crippen molar-refractivity contribution >= 4 is 29.0 Å². The molecule has 2 saturated heterocycles. The molecule has 2 aromatic carbocycles. The molecule has 1 N–H and O–H groups in total. The van der Waals surface area contributed by atoms with Gasteiger partial charge in [0.15, 0.2) is 0 Å². The van der Waals surface area contributed by atoms with E-state index < -0.39 is 0 Å². The van der Waals surface area contributed by atoms with Gasteiger partial charge in [-0.2, -0.15) is 0 Å². The molecule has 5 heteroatoms. The molecule has 0 bridgehead atoms. The number of nitrogens with zero attached hydrogens (tertiary/aromatic N) is 2. The van der Waals surface area contributed by atoms with Crippen LogP contribution < -0.4 is 10.2 Å². The van der Waals surface area contributed by atoms with Crippen molar-refractivity contribution < 1.29 is 4.79 Å². The van der Waals surface area contributed by atoms with E-state index in [1.807, 2.05) is 0 Å². The van der Waals surface area contributed by atoms with Crippen LogP contribution in [-0.2, 0) is 4.79 Å². The van der Waals surface area contributed by atoms with Crippen LogP contribution >= 0.6 is 11.8 Å². The summed E-state index contributed by atoms with van der Waals surface area (Å²) in [5.74, 6) is 1.13. The first kappa shape index (κ1) is 24.0. The molecule has 2 fully saturated rings. The lowest BCUT2D eigenvalue weighted by Gasteiger charge is -2.34. The predicted octanol–water partition coefficient (Wildman–Crippen LogP) is 6.21. The van der Waals surface area contributed by atoms with Crippen LogP contribution in [0.5, 0.6) is 0 Å². The molecule has 0 aromatic heterocycles. The number of anilines is 2. The second kappa shape index (κ2) is 11.8. The maximum atomic E-state index is 12.7. The van der Waals surface area contributed by atoms with Crippen molar-refractivity contribution in [3.63, 3.8) is 0 Å². The van der Waals surface area contributed by atoms with Gasteiger partial charge in [-0.3, -0.25) is 4.79 Å². The normalized spacial score (nSPS) is 17.9. The number of benzene rings is 2. The van der Waals surface area contributed by atoms with E-state index in [9.17, 15) is 4.79 Å². The van der Waals surface area contributed by atoms with Gasteiger partial charge in [0.2, 0.25) is 5.91 Å². The van der Waals surface area contributed by atoms with Crippen molar-refractivity contribution in [1.82, 2.24) is 4.90 Å². The van der Waals surface area contributed by atoms with Gasteiger partial charge in [-0.05, 0) is 94.0 Å². The fourth-order valence-corrected chi connectivity index (χ4v) is 5.54. The molecule has 0 saturated carbocycles. The number of carbonyl (C=O) groups is 1. The third-order valence-corrected chi connectivity index (χ3v) is 8.07. The zero-order valence-corrected chi connectivity index (χ0v) is 21.1. The number of rotatable bonds is 8. The minimum absolute atomic E-state index is 0.356. The first-order valence-electron chi connectivity index (χ1n) is 12.6. The summed E-state index contributed by atoms with van der Waals surface area (Å²) < 4.78 is 0. The van der Waals surface area contributed by atoms with Gasteiger partial charge in [0.25, 0.3) is 0 Å². The van der Waals surface area contributed by atoms with Crippen LogP contribution in [0.1, 0.15) is 50.5 Å². The summed E-state index contributed by atoms with van der Waals surface area (Å²) in [6, 6.07) is 18.0. The van der Waals surface area contributed by atoms with Crippen LogP contribution in [0, 0.1) is 12.8 Å². The van der Waals surface area contributed by atoms with E-state index in [1.165, 1.54) is 41.1 Å². The Morgan fingerprint density at radius 1 is 0.939 bits per heavy atom. The van der Waals surface area contributed by atoms with Gasteiger partial charge < -0.3 is 15.1 Å². The van der Waals surface area contributed by atoms with Crippen molar-refractivity contribution in [2.24, 2.45) is 5.92 Å². The summed E-state index contributed by atoms with van der Waals surface area (Å²) >= 11 is 1.77. The van der Waals surface area contributed by atoms with Crippen LogP contribution in [0.2, 0.25) is 0 Å². The molecule has 178 valence electrons. The smallest absolute Gasteiger partial charge is 0.222 e. The lowest BCUT2D eigenvalue weighted by atomic mass is 9.91. The van der Waals surface area contributed by atoms with Crippen molar-refractivity contribution in [3.05, 3.63) is 54.1 Å². The number of aryl methyl sites for hydroxylation is 1. The van der Waals surface area contributed by atoms with E-state index in [2.05, 4.69) is 76.8 Å². The Morgan fingerprint density at radius 3 is 2.24 bits per heavy atom. The molecule has 2 aliphatic rings. The zero-order chi connectivity index (χ0) is 23.0. The molecule has 1 amide bonds. The van der Waals surface area contributed by atoms with Crippen LogP contribution in [0.4, 0.5) is 11.4 Å². The Hall–Kier alpha value is -2.14. The summed E-state index contributed by atoms with van der Waals surface area (Å²) in [5.41, 5.74) is 3.86. The van der Waals surface area contributed by atoms with Gasteiger partial charge >= 0.3 is 0 Å². The van der Waals surface area contributed by atoms with E-state index in [-0.39, 0.29) is 0 Å². The zero-order valence-electron chi connectivity index (χ0n) is 20.3. The molecule has 0 unspecified atom stereocenters. The second-order valence-electron chi connectivity index (χ2n) is 9.69. The third kappa shape index (κ3) is 6.92. The molecule has 4 nitrogen and oxygen atoms in total. The van der Waals surface area contributed by atoms with Gasteiger partial charge in [-0.1, -0.05) is 17.7 Å². The van der Waals surface area contributed by atoms with Crippen LogP contribution in [0.3, 0.4) is 0 Å². The van der Waals surface area contributed by atoms with Crippen molar-refractivity contribution in [2.75, 3.05) is 42.7 Å². The Balaban J connectivity index is 1.11. The average molecular weight is 466 g/mol. The Bertz CT molecular complexity index is 867. The number of hydrogen-bond donors (Lipinski definition) is 1. The standard InChI is InChI=1S/C28H39N3OS/c1-22-6-10-26(11-7-22)30-18-14-23(15-19-30)4-3-5-28(32)31-20-16-25(17-21-31)29-24-8-12-27(33-2)13-9-24/h6-13,23,25,29H,3-5,14-21H2,1-2H3. The molecule has 2 aromatic rings. The Morgan fingerprint density at radius 2 is 1.61 bits per heavy atom. The number of carbonyl (C=O) groups excluding carboxylic acids is 1. The number of amides is 1. The summed E-state index contributed by atoms with van der Waals surface area (Å²) in [5, 5.41) is 3.64. The molecular weight excluding hydrogens is 426 g/mol. The number of hydrogen-bond acceptors (Lipinski definition) is 4. The highest BCUT2D eigenvalue weighted by molar-refractivity contribution is 7.98. The minimum atomic E-state index is 0.356. The summed E-state index contributed by atoms with van der Waals surface area (Å²) in [6.07, 6.45) is 9.61. The van der Waals surface area contributed by atoms with Crippen LogP contribution in [-0.4, -0.2) is 49.3 Å². The van der Waals surface area contributed by atoms with E-state index in [4.69, 9.17) is 0 Å². The molecule has 2 heterocycles. The second-order valence-corrected chi connectivity index (χ2v) is 10.6. The van der Waals surface area contributed by atoms with E-state index in [1.54, 1.807) is 11.8 Å². The monoisotopic (exact) mass is 465 g/mol. The predicted molar refractivity (Wildman–Crippen MR) is 141 cm³/mol. The molecule has 0 atom stereocenters. The number of nitrogens with one attached hydrogen (secondary N) is 1. The van der Waals surface area contributed by atoms with Crippen molar-refractivity contribution in [2.45, 2.75) is 62.8 Å². The van der Waals surface area contributed by atoms with E-state index in [0.29, 0.717) is 18.4 Å². The fraction of sp³-hybridized carbons (Fsp3) is 0.536. The van der Waals surface area contributed by atoms with Gasteiger partial charge in [0.05, 0.1) is 0 Å². The average Bonchev–Trinajstić information content (AvgIpc) is 2.86. The Kier molecular flexibility index (Phi) is 8.60. The first-order valence-corrected chi connectivity index (χ1v) is 13.8. The molecule has 33 heavy (non-hydrogen) atoms. The van der Waals surface area contributed by atoms with Gasteiger partial charge in [0.1, 0.15) is 0 Å². The van der Waals surface area contributed by atoms with Crippen molar-refractivity contribution in [1.29, 1.82) is 0 Å². The molecular formula is C28H39N3OS. The third-order valence-electron chi connectivity index (χ3n) is 7.33. The van der Waals surface area contributed by atoms with Crippen LogP contribution in [0.25, 0.3) is 0 Å². The SMILES string of the molecule is CSc1ccc(NC2CCN(C(=O)CCCC3CCN(c4ccc(C)cc4)CC3)CC2)cc1. The minimum Gasteiger partial charge on any atom is -0.382 e. The largest absolute Gasteiger partial charge is 0.382 e. The fourth-order valence-electron chi connectivity index (χ4n) is 5.13.